The molecule has 1 N–H and O–H groups in total. The first kappa shape index (κ1) is 19.6. The first-order valence-electron chi connectivity index (χ1n) is 10.3. The molecule has 28 heavy (non-hydrogen) atoms. The number of hydrogen-bond donors (Lipinski definition) is 1. The van der Waals surface area contributed by atoms with E-state index in [0.717, 1.165) is 50.9 Å². The van der Waals surface area contributed by atoms with Crippen LogP contribution in [0.4, 0.5) is 0 Å². The molecule has 3 aliphatic rings. The van der Waals surface area contributed by atoms with Crippen LogP contribution in [0.2, 0.25) is 0 Å². The number of rotatable bonds is 6. The van der Waals surface area contributed by atoms with Crippen LogP contribution >= 0.6 is 11.9 Å². The minimum atomic E-state index is 0.133. The van der Waals surface area contributed by atoms with Gasteiger partial charge in [-0.2, -0.15) is 0 Å². The number of allylic oxidation sites excluding steroid dienone is 4. The minimum absolute atomic E-state index is 0.133. The number of carbonyl (C=O) groups is 1. The zero-order valence-electron chi connectivity index (χ0n) is 16.8. The Bertz CT molecular complexity index is 787. The van der Waals surface area contributed by atoms with Crippen LogP contribution in [0.3, 0.4) is 0 Å². The van der Waals surface area contributed by atoms with Crippen molar-refractivity contribution in [3.8, 4) is 5.75 Å². The summed E-state index contributed by atoms with van der Waals surface area (Å²) >= 11 is 1.65. The summed E-state index contributed by atoms with van der Waals surface area (Å²) in [5.41, 5.74) is 3.80. The van der Waals surface area contributed by atoms with Gasteiger partial charge in [0.2, 0.25) is 5.91 Å². The van der Waals surface area contributed by atoms with Crippen LogP contribution < -0.4 is 9.46 Å². The SMILES string of the molecule is COc1ccc(C2CC2C(=O)N2CCCC(NSC)C2)c(C2=CCCC=C2)c1. The number of hydrogen-bond acceptors (Lipinski definition) is 4. The van der Waals surface area contributed by atoms with Crippen molar-refractivity contribution in [1.82, 2.24) is 9.62 Å². The lowest BCUT2D eigenvalue weighted by atomic mass is 9.92. The first-order chi connectivity index (χ1) is 13.7. The predicted octanol–water partition coefficient (Wildman–Crippen LogP) is 4.39. The maximum Gasteiger partial charge on any atom is 0.226 e. The topological polar surface area (TPSA) is 41.6 Å². The first-order valence-corrected chi connectivity index (χ1v) is 11.6. The van der Waals surface area contributed by atoms with E-state index < -0.39 is 0 Å². The van der Waals surface area contributed by atoms with Crippen molar-refractivity contribution >= 4 is 23.4 Å². The summed E-state index contributed by atoms with van der Waals surface area (Å²) in [6.45, 7) is 1.74. The number of amides is 1. The van der Waals surface area contributed by atoms with Gasteiger partial charge in [-0.3, -0.25) is 9.52 Å². The normalized spacial score (nSPS) is 26.7. The Morgan fingerprint density at radius 1 is 1.32 bits per heavy atom. The van der Waals surface area contributed by atoms with Crippen molar-refractivity contribution in [2.75, 3.05) is 26.5 Å². The molecule has 5 heteroatoms. The van der Waals surface area contributed by atoms with Crippen LogP contribution in [0, 0.1) is 5.92 Å². The molecule has 150 valence electrons. The molecule has 1 heterocycles. The van der Waals surface area contributed by atoms with Crippen LogP contribution in [-0.2, 0) is 4.79 Å². The summed E-state index contributed by atoms with van der Waals surface area (Å²) in [4.78, 5) is 15.2. The van der Waals surface area contributed by atoms with Crippen LogP contribution in [0.1, 0.15) is 49.1 Å². The summed E-state index contributed by atoms with van der Waals surface area (Å²) in [7, 11) is 1.71. The molecule has 4 rings (SSSR count). The van der Waals surface area contributed by atoms with Gasteiger partial charge in [0.1, 0.15) is 5.75 Å². The lowest BCUT2D eigenvalue weighted by Crippen LogP contribution is -2.47. The van der Waals surface area contributed by atoms with Crippen LogP contribution in [-0.4, -0.2) is 43.3 Å². The highest BCUT2D eigenvalue weighted by Gasteiger charge is 2.47. The second-order valence-corrected chi connectivity index (χ2v) is 8.63. The maximum absolute atomic E-state index is 13.1. The third-order valence-corrected chi connectivity index (χ3v) is 6.66. The van der Waals surface area contributed by atoms with Gasteiger partial charge in [-0.05, 0) is 73.1 Å². The van der Waals surface area contributed by atoms with E-state index in [0.29, 0.717) is 17.9 Å². The summed E-state index contributed by atoms with van der Waals surface area (Å²) in [5, 5.41) is 0. The predicted molar refractivity (Wildman–Crippen MR) is 116 cm³/mol. The maximum atomic E-state index is 13.1. The molecule has 2 aliphatic carbocycles. The van der Waals surface area contributed by atoms with Crippen molar-refractivity contribution < 1.29 is 9.53 Å². The summed E-state index contributed by atoms with van der Waals surface area (Å²) in [5.74, 6) is 1.68. The summed E-state index contributed by atoms with van der Waals surface area (Å²) < 4.78 is 8.90. The Kier molecular flexibility index (Phi) is 6.12. The standard InChI is InChI=1S/C23H30N2O2S/c1-27-18-10-11-19(20(13-18)16-7-4-3-5-8-16)21-14-22(21)23(26)25-12-6-9-17(15-25)24-28-2/h4,7-8,10-11,13,17,21-22,24H,3,5-6,9,12,14-15H2,1-2H3. The molecule has 3 atom stereocenters. The Hall–Kier alpha value is -1.72. The fourth-order valence-electron chi connectivity index (χ4n) is 4.54. The quantitative estimate of drug-likeness (QED) is 0.722. The highest BCUT2D eigenvalue weighted by atomic mass is 32.2. The molecule has 0 radical (unpaired) electrons. The Morgan fingerprint density at radius 3 is 2.96 bits per heavy atom. The zero-order chi connectivity index (χ0) is 19.5. The number of nitrogens with zero attached hydrogens (tertiary/aromatic N) is 1. The van der Waals surface area contributed by atoms with Gasteiger partial charge >= 0.3 is 0 Å². The number of nitrogens with one attached hydrogen (secondary N) is 1. The molecule has 1 saturated carbocycles. The van der Waals surface area contributed by atoms with E-state index >= 15 is 0 Å². The molecular formula is C23H30N2O2S. The van der Waals surface area contributed by atoms with E-state index in [-0.39, 0.29) is 5.92 Å². The molecule has 4 nitrogen and oxygen atoms in total. The van der Waals surface area contributed by atoms with E-state index in [1.54, 1.807) is 19.1 Å². The molecule has 2 fully saturated rings. The smallest absolute Gasteiger partial charge is 0.226 e. The molecule has 1 aromatic carbocycles. The van der Waals surface area contributed by atoms with Gasteiger partial charge in [0.25, 0.3) is 0 Å². The Balaban J connectivity index is 1.51. The molecular weight excluding hydrogens is 368 g/mol. The Morgan fingerprint density at radius 2 is 2.21 bits per heavy atom. The number of ether oxygens (including phenoxy) is 1. The van der Waals surface area contributed by atoms with Gasteiger partial charge in [-0.1, -0.05) is 36.2 Å². The van der Waals surface area contributed by atoms with Gasteiger partial charge < -0.3 is 9.64 Å². The van der Waals surface area contributed by atoms with E-state index in [2.05, 4.69) is 46.2 Å². The van der Waals surface area contributed by atoms with Gasteiger partial charge in [0.05, 0.1) is 7.11 Å². The largest absolute Gasteiger partial charge is 0.497 e. The minimum Gasteiger partial charge on any atom is -0.497 e. The number of piperidine rings is 1. The van der Waals surface area contributed by atoms with Crippen molar-refractivity contribution in [1.29, 1.82) is 0 Å². The second-order valence-electron chi connectivity index (χ2n) is 7.99. The summed E-state index contributed by atoms with van der Waals surface area (Å²) in [6.07, 6.45) is 14.2. The average molecular weight is 399 g/mol. The third-order valence-electron chi connectivity index (χ3n) is 6.09. The molecule has 1 saturated heterocycles. The highest BCUT2D eigenvalue weighted by molar-refractivity contribution is 7.96. The van der Waals surface area contributed by atoms with Crippen molar-refractivity contribution in [3.05, 3.63) is 47.6 Å². The molecule has 1 amide bonds. The monoisotopic (exact) mass is 398 g/mol. The van der Waals surface area contributed by atoms with E-state index in [1.807, 2.05) is 6.07 Å². The second kappa shape index (κ2) is 8.75. The molecule has 1 aromatic rings. The van der Waals surface area contributed by atoms with Crippen molar-refractivity contribution in [2.24, 2.45) is 5.92 Å². The lowest BCUT2D eigenvalue weighted by molar-refractivity contribution is -0.133. The molecule has 1 aliphatic heterocycles. The van der Waals surface area contributed by atoms with E-state index in [1.165, 1.54) is 16.7 Å². The lowest BCUT2D eigenvalue weighted by Gasteiger charge is -2.33. The van der Waals surface area contributed by atoms with Gasteiger partial charge in [-0.15, -0.1) is 0 Å². The fraction of sp³-hybridized carbons (Fsp3) is 0.522. The number of methoxy groups -OCH3 is 1. The van der Waals surface area contributed by atoms with Gasteiger partial charge in [0, 0.05) is 25.0 Å². The van der Waals surface area contributed by atoms with Crippen LogP contribution in [0.25, 0.3) is 5.57 Å². The van der Waals surface area contributed by atoms with Crippen LogP contribution in [0.5, 0.6) is 5.75 Å². The van der Waals surface area contributed by atoms with E-state index in [9.17, 15) is 4.79 Å². The van der Waals surface area contributed by atoms with Gasteiger partial charge in [0.15, 0.2) is 0 Å². The molecule has 0 bridgehead atoms. The summed E-state index contributed by atoms with van der Waals surface area (Å²) in [6, 6.07) is 6.75. The van der Waals surface area contributed by atoms with Crippen LogP contribution in [0.15, 0.2) is 36.4 Å². The van der Waals surface area contributed by atoms with Crippen molar-refractivity contribution in [3.63, 3.8) is 0 Å². The van der Waals surface area contributed by atoms with Crippen molar-refractivity contribution in [2.45, 2.75) is 44.1 Å². The highest BCUT2D eigenvalue weighted by Crippen LogP contribution is 2.51. The third kappa shape index (κ3) is 4.15. The number of benzene rings is 1. The molecule has 3 unspecified atom stereocenters. The van der Waals surface area contributed by atoms with Gasteiger partial charge in [-0.25, -0.2) is 0 Å². The Labute approximate surface area is 172 Å². The number of carbonyl (C=O) groups excluding carboxylic acids is 1. The number of likely N-dealkylation sites (tertiary alicyclic amines) is 1. The average Bonchev–Trinajstić information content (AvgIpc) is 3.54. The zero-order valence-corrected chi connectivity index (χ0v) is 17.6. The van der Waals surface area contributed by atoms with E-state index in [4.69, 9.17) is 4.74 Å². The molecule has 0 aromatic heterocycles. The fourth-order valence-corrected chi connectivity index (χ4v) is 5.06. The molecule has 0 spiro atoms.